The number of benzene rings is 3. The van der Waals surface area contributed by atoms with Gasteiger partial charge in [0.05, 0.1) is 17.0 Å². The number of hydrogen-bond acceptors (Lipinski definition) is 6. The first kappa shape index (κ1) is 43.2. The molecule has 0 radical (unpaired) electrons. The number of rotatable bonds is 14. The number of amides is 2. The molecule has 0 fully saturated rings. The first-order valence-electron chi connectivity index (χ1n) is 15.6. The minimum absolute atomic E-state index is 0.0741. The molecule has 3 rings (SSSR count). The molecule has 0 saturated heterocycles. The molecule has 0 spiro atoms. The van der Waals surface area contributed by atoms with Gasteiger partial charge in [0, 0.05) is 35.6 Å². The van der Waals surface area contributed by atoms with Crippen LogP contribution in [0.5, 0.6) is 0 Å². The van der Waals surface area contributed by atoms with Crippen molar-refractivity contribution < 1.29 is 44.3 Å². The van der Waals surface area contributed by atoms with Crippen LogP contribution in [0.15, 0.2) is 70.0 Å². The third kappa shape index (κ3) is 14.3. The quantitative estimate of drug-likeness (QED) is 0.145. The van der Waals surface area contributed by atoms with Crippen LogP contribution < -0.4 is 16.4 Å². The summed E-state index contributed by atoms with van der Waals surface area (Å²) in [6.45, 7) is 4.16. The van der Waals surface area contributed by atoms with E-state index in [-0.39, 0.29) is 20.8 Å². The summed E-state index contributed by atoms with van der Waals surface area (Å²) in [4.78, 5) is 23.2. The number of carbonyl (C=O) groups excluding carboxylic acids is 2. The lowest BCUT2D eigenvalue weighted by Gasteiger charge is -2.30. The summed E-state index contributed by atoms with van der Waals surface area (Å²) in [7, 11) is -3.44. The third-order valence-corrected chi connectivity index (χ3v) is 8.91. The smallest absolute Gasteiger partial charge is 0.370 e. The number of unbranched alkanes of at least 4 members (excludes halogenated alkanes) is 1. The lowest BCUT2D eigenvalue weighted by atomic mass is 9.96. The number of halogens is 7. The van der Waals surface area contributed by atoms with Gasteiger partial charge in [-0.15, -0.1) is 0 Å². The number of alkyl halides is 4. The minimum Gasteiger partial charge on any atom is -0.370 e. The first-order chi connectivity index (χ1) is 23.5. The van der Waals surface area contributed by atoms with Crippen LogP contribution in [0, 0.1) is 23.0 Å². The topological polar surface area (TPSA) is 142 Å². The highest BCUT2D eigenvalue weighted by Gasteiger charge is 2.44. The van der Waals surface area contributed by atoms with Gasteiger partial charge in [-0.3, -0.25) is 14.9 Å². The highest BCUT2D eigenvalue weighted by molar-refractivity contribution is 9.10. The normalized spacial score (nSPS) is 13.6. The van der Waals surface area contributed by atoms with E-state index in [2.05, 4.69) is 26.6 Å². The van der Waals surface area contributed by atoms with Gasteiger partial charge in [-0.1, -0.05) is 65.7 Å². The molecule has 278 valence electrons. The van der Waals surface area contributed by atoms with Crippen molar-refractivity contribution in [2.24, 2.45) is 5.73 Å². The maximum absolute atomic E-state index is 14.7. The van der Waals surface area contributed by atoms with Crippen LogP contribution in [0.1, 0.15) is 63.6 Å². The fourth-order valence-electron chi connectivity index (χ4n) is 4.78. The Morgan fingerprint density at radius 1 is 0.961 bits per heavy atom. The maximum Gasteiger partial charge on any atom is 0.407 e. The van der Waals surface area contributed by atoms with Crippen LogP contribution in [0.2, 0.25) is 0 Å². The predicted octanol–water partition coefficient (Wildman–Crippen LogP) is 7.41. The summed E-state index contributed by atoms with van der Waals surface area (Å²) < 4.78 is 110. The van der Waals surface area contributed by atoms with Crippen molar-refractivity contribution in [2.45, 2.75) is 87.7 Å². The standard InChI is InChI=1S/C30H28BrF6N3O3S.C5H11NO/c1-29(2,34)15-26(28(41)39-21(16-38)14-23-24(32)12-20(31)13-25(23)33)40-27(30(35,36)37)19-6-4-17(5-7-19)18-8-10-22(11-9-18)44(3,42)43;1-2-3-4-5(6)7/h4-13,21,26-27,40H,14-15H2,1-3H3,(H,39,41);2-4H2,1H3,(H2,6,7)/t21-,26-,27-;/m0./s1. The molecule has 4 N–H and O–H groups in total. The zero-order chi connectivity index (χ0) is 38.7. The van der Waals surface area contributed by atoms with Gasteiger partial charge in [0.15, 0.2) is 9.84 Å². The summed E-state index contributed by atoms with van der Waals surface area (Å²) in [6.07, 6.45) is -2.75. The Morgan fingerprint density at radius 2 is 1.47 bits per heavy atom. The maximum atomic E-state index is 14.7. The van der Waals surface area contributed by atoms with E-state index in [9.17, 15) is 49.6 Å². The highest BCUT2D eigenvalue weighted by Crippen LogP contribution is 2.35. The monoisotopic (exact) mass is 804 g/mol. The lowest BCUT2D eigenvalue weighted by Crippen LogP contribution is -2.53. The molecule has 3 atom stereocenters. The second kappa shape index (κ2) is 18.5. The molecule has 16 heteroatoms. The second-order valence-electron chi connectivity index (χ2n) is 12.3. The fourth-order valence-corrected chi connectivity index (χ4v) is 5.81. The molecule has 0 aromatic heterocycles. The molecule has 3 aromatic rings. The Kier molecular flexibility index (Phi) is 15.7. The number of nitrogens with two attached hydrogens (primary N) is 1. The van der Waals surface area contributed by atoms with Crippen LogP contribution in [0.3, 0.4) is 0 Å². The van der Waals surface area contributed by atoms with E-state index in [0.29, 0.717) is 17.5 Å². The third-order valence-electron chi connectivity index (χ3n) is 7.32. The van der Waals surface area contributed by atoms with Crippen LogP contribution in [-0.4, -0.2) is 50.4 Å². The van der Waals surface area contributed by atoms with Gasteiger partial charge in [-0.2, -0.15) is 18.4 Å². The summed E-state index contributed by atoms with van der Waals surface area (Å²) in [5.41, 5.74) is 2.91. The molecule has 8 nitrogen and oxygen atoms in total. The average Bonchev–Trinajstić information content (AvgIpc) is 3.02. The zero-order valence-corrected chi connectivity index (χ0v) is 30.7. The Labute approximate surface area is 301 Å². The van der Waals surface area contributed by atoms with Crippen molar-refractivity contribution in [1.29, 1.82) is 5.26 Å². The molecule has 0 heterocycles. The Balaban J connectivity index is 0.00000116. The van der Waals surface area contributed by atoms with Crippen molar-refractivity contribution in [1.82, 2.24) is 10.6 Å². The van der Waals surface area contributed by atoms with Crippen molar-refractivity contribution in [3.05, 3.63) is 87.9 Å². The number of nitriles is 1. The van der Waals surface area contributed by atoms with E-state index >= 15 is 0 Å². The zero-order valence-electron chi connectivity index (χ0n) is 28.3. The van der Waals surface area contributed by atoms with Gasteiger partial charge in [-0.05, 0) is 61.2 Å². The van der Waals surface area contributed by atoms with Gasteiger partial charge < -0.3 is 11.1 Å². The minimum atomic E-state index is -4.95. The predicted molar refractivity (Wildman–Crippen MR) is 185 cm³/mol. The van der Waals surface area contributed by atoms with Gasteiger partial charge in [0.25, 0.3) is 0 Å². The van der Waals surface area contributed by atoms with E-state index < -0.39 is 75.8 Å². The molecule has 3 aromatic carbocycles. The molecular formula is C35H39BrF6N4O4S. The molecule has 0 saturated carbocycles. The molecule has 0 aliphatic carbocycles. The molecule has 0 aliphatic rings. The summed E-state index contributed by atoms with van der Waals surface area (Å²) in [5.74, 6) is -3.37. The van der Waals surface area contributed by atoms with Crippen LogP contribution in [0.25, 0.3) is 11.1 Å². The fraction of sp³-hybridized carbons (Fsp3) is 0.400. The second-order valence-corrected chi connectivity index (χ2v) is 15.3. The van der Waals surface area contributed by atoms with Crippen molar-refractivity contribution in [3.63, 3.8) is 0 Å². The van der Waals surface area contributed by atoms with E-state index in [1.807, 2.05) is 6.92 Å². The lowest BCUT2D eigenvalue weighted by molar-refractivity contribution is -0.161. The van der Waals surface area contributed by atoms with E-state index in [1.54, 1.807) is 6.07 Å². The SMILES string of the molecule is CC(C)(F)C[C@H](N[C@@H](c1ccc(-c2ccc(S(C)(=O)=O)cc2)cc1)C(F)(F)F)C(=O)N[C@H](C#N)Cc1c(F)cc(Br)cc1F.CCCCC(N)=O. The number of primary amides is 1. The molecule has 0 aliphatic heterocycles. The molecule has 0 bridgehead atoms. The molecule has 0 unspecified atom stereocenters. The van der Waals surface area contributed by atoms with Gasteiger partial charge in [-0.25, -0.2) is 21.6 Å². The highest BCUT2D eigenvalue weighted by atomic mass is 79.9. The Bertz CT molecular complexity index is 1770. The molecular weight excluding hydrogens is 766 g/mol. The van der Waals surface area contributed by atoms with E-state index in [4.69, 9.17) is 5.73 Å². The summed E-state index contributed by atoms with van der Waals surface area (Å²) >= 11 is 2.93. The Morgan fingerprint density at radius 3 is 1.86 bits per heavy atom. The van der Waals surface area contributed by atoms with E-state index in [0.717, 1.165) is 57.2 Å². The van der Waals surface area contributed by atoms with Gasteiger partial charge in [0.1, 0.15) is 29.4 Å². The number of nitrogens with one attached hydrogen (secondary N) is 2. The van der Waals surface area contributed by atoms with Crippen molar-refractivity contribution in [3.8, 4) is 17.2 Å². The number of sulfone groups is 1. The first-order valence-corrected chi connectivity index (χ1v) is 18.3. The number of hydrogen-bond donors (Lipinski definition) is 3. The molecule has 51 heavy (non-hydrogen) atoms. The average molecular weight is 806 g/mol. The van der Waals surface area contributed by atoms with Crippen molar-refractivity contribution >= 4 is 37.6 Å². The van der Waals surface area contributed by atoms with E-state index in [1.165, 1.54) is 36.4 Å². The largest absolute Gasteiger partial charge is 0.407 e. The van der Waals surface area contributed by atoms with Crippen LogP contribution >= 0.6 is 15.9 Å². The number of nitrogens with zero attached hydrogens (tertiary/aromatic N) is 1. The van der Waals surface area contributed by atoms with Gasteiger partial charge >= 0.3 is 6.18 Å². The Hall–Kier alpha value is -3.94. The van der Waals surface area contributed by atoms with Crippen LogP contribution in [0.4, 0.5) is 26.3 Å². The summed E-state index contributed by atoms with van der Waals surface area (Å²) in [6, 6.07) is 8.62. The van der Waals surface area contributed by atoms with Crippen molar-refractivity contribution in [2.75, 3.05) is 6.26 Å². The summed E-state index contributed by atoms with van der Waals surface area (Å²) in [5, 5.41) is 13.9. The number of carbonyl (C=O) groups is 2. The van der Waals surface area contributed by atoms with Crippen LogP contribution in [-0.2, 0) is 25.8 Å². The molecule has 2 amide bonds. The van der Waals surface area contributed by atoms with Gasteiger partial charge in [0.2, 0.25) is 11.8 Å².